The number of hydrogen-bond donors (Lipinski definition) is 1. The topological polar surface area (TPSA) is 117 Å². The average Bonchev–Trinajstić information content (AvgIpc) is 2.96. The number of aliphatic imine (C=N–C) groups is 1. The first-order chi connectivity index (χ1) is 9.04. The van der Waals surface area contributed by atoms with Gasteiger partial charge in [0.1, 0.15) is 0 Å². The molecule has 2 rings (SSSR count). The van der Waals surface area contributed by atoms with Crippen molar-refractivity contribution in [1.29, 1.82) is 0 Å². The van der Waals surface area contributed by atoms with Crippen LogP contribution in [0, 0.1) is 0 Å². The summed E-state index contributed by atoms with van der Waals surface area (Å²) in [5.41, 5.74) is 5.44. The van der Waals surface area contributed by atoms with Crippen LogP contribution < -0.4 is 15.5 Å². The molecule has 2 aromatic rings. The van der Waals surface area contributed by atoms with Gasteiger partial charge in [-0.05, 0) is 24.4 Å². The van der Waals surface area contributed by atoms with Crippen LogP contribution in [0.3, 0.4) is 0 Å². The Labute approximate surface area is 117 Å². The molecule has 0 saturated carbocycles. The van der Waals surface area contributed by atoms with E-state index in [4.69, 9.17) is 10.3 Å². The number of nitrogens with two attached hydrogens (primary N) is 1. The minimum absolute atomic E-state index is 0.150. The average molecular weight is 300 g/mol. The van der Waals surface area contributed by atoms with E-state index in [-0.39, 0.29) is 23.6 Å². The van der Waals surface area contributed by atoms with Crippen molar-refractivity contribution in [3.8, 4) is 0 Å². The van der Waals surface area contributed by atoms with E-state index in [2.05, 4.69) is 20.5 Å². The van der Waals surface area contributed by atoms with Crippen LogP contribution in [0.2, 0.25) is 0 Å². The van der Waals surface area contributed by atoms with E-state index in [1.807, 2.05) is 13.8 Å². The van der Waals surface area contributed by atoms with E-state index in [9.17, 15) is 5.11 Å². The fraction of sp³-hybridized carbons (Fsp3) is 0.444. The smallest absolute Gasteiger partial charge is 0.320 e. The van der Waals surface area contributed by atoms with E-state index in [0.29, 0.717) is 9.47 Å². The van der Waals surface area contributed by atoms with Crippen molar-refractivity contribution in [1.82, 2.24) is 15.5 Å². The predicted octanol–water partition coefficient (Wildman–Crippen LogP) is 0.159. The van der Waals surface area contributed by atoms with Gasteiger partial charge < -0.3 is 10.8 Å². The predicted molar refractivity (Wildman–Crippen MR) is 69.2 cm³/mol. The van der Waals surface area contributed by atoms with E-state index in [1.165, 1.54) is 23.1 Å². The highest BCUT2D eigenvalue weighted by molar-refractivity contribution is 8.01. The molecule has 0 spiro atoms. The second kappa shape index (κ2) is 5.97. The van der Waals surface area contributed by atoms with Gasteiger partial charge in [-0.3, -0.25) is 4.52 Å². The molecule has 0 aliphatic heterocycles. The van der Waals surface area contributed by atoms with Crippen molar-refractivity contribution in [3.05, 3.63) is 6.20 Å². The first-order valence-electron chi connectivity index (χ1n) is 5.39. The highest BCUT2D eigenvalue weighted by Gasteiger charge is 2.13. The molecule has 0 fully saturated rings. The lowest BCUT2D eigenvalue weighted by atomic mass is 10.4. The maximum Gasteiger partial charge on any atom is 0.320 e. The zero-order valence-corrected chi connectivity index (χ0v) is 11.9. The summed E-state index contributed by atoms with van der Waals surface area (Å²) in [6.07, 6.45) is 1.58. The third kappa shape index (κ3) is 3.89. The van der Waals surface area contributed by atoms with Gasteiger partial charge >= 0.3 is 5.88 Å². The van der Waals surface area contributed by atoms with Gasteiger partial charge in [-0.25, -0.2) is 4.99 Å². The van der Waals surface area contributed by atoms with Crippen molar-refractivity contribution in [2.75, 3.05) is 11.5 Å². The molecule has 0 bridgehead atoms. The van der Waals surface area contributed by atoms with Gasteiger partial charge in [0.25, 0.3) is 6.20 Å². The Morgan fingerprint density at radius 3 is 3.00 bits per heavy atom. The molecular weight excluding hydrogens is 288 g/mol. The summed E-state index contributed by atoms with van der Waals surface area (Å²) in [6.45, 7) is 3.90. The Balaban J connectivity index is 1.94. The summed E-state index contributed by atoms with van der Waals surface area (Å²) < 4.78 is 7.15. The molecule has 19 heavy (non-hydrogen) atoms. The maximum absolute atomic E-state index is 11.6. The third-order valence-electron chi connectivity index (χ3n) is 1.98. The van der Waals surface area contributed by atoms with Crippen molar-refractivity contribution < 1.29 is 14.3 Å². The molecule has 2 heterocycles. The molecule has 2 N–H and O–H groups in total. The van der Waals surface area contributed by atoms with Gasteiger partial charge in [0.05, 0.1) is 0 Å². The number of thioether (sulfide) groups is 1. The lowest BCUT2D eigenvalue weighted by Crippen LogP contribution is -2.36. The maximum atomic E-state index is 11.6. The van der Waals surface area contributed by atoms with Gasteiger partial charge in [-0.2, -0.15) is 0 Å². The summed E-state index contributed by atoms with van der Waals surface area (Å²) in [4.78, 5) is 3.80. The summed E-state index contributed by atoms with van der Waals surface area (Å²) in [6, 6.07) is 0.154. The van der Waals surface area contributed by atoms with E-state index in [1.54, 1.807) is 10.9 Å². The van der Waals surface area contributed by atoms with Crippen LogP contribution in [0.15, 0.2) is 20.1 Å². The third-order valence-corrected chi connectivity index (χ3v) is 3.85. The lowest BCUT2D eigenvalue weighted by molar-refractivity contribution is -0.779. The second-order valence-electron chi connectivity index (χ2n) is 3.81. The lowest BCUT2D eigenvalue weighted by Gasteiger charge is -2.05. The first kappa shape index (κ1) is 13.7. The van der Waals surface area contributed by atoms with Gasteiger partial charge in [-0.1, -0.05) is 23.1 Å². The molecule has 0 atom stereocenters. The monoisotopic (exact) mass is 300 g/mol. The van der Waals surface area contributed by atoms with Gasteiger partial charge in [-0.15, -0.1) is 10.2 Å². The molecule has 0 saturated heterocycles. The standard InChI is InChI=1S/C9H12N6O2S2/c1-5(2)15-3-7(17-14-15)11-6(16)4-18-9-13-12-8(10)19-9/h3,5H,4H2,1-2H3,(H2-,10,11,12,14,16). The molecular formula is C9H12N6O2S2. The van der Waals surface area contributed by atoms with Crippen molar-refractivity contribution in [2.45, 2.75) is 24.2 Å². The summed E-state index contributed by atoms with van der Waals surface area (Å²) in [5, 5.41) is 23.2. The first-order valence-corrected chi connectivity index (χ1v) is 7.19. The van der Waals surface area contributed by atoms with Crippen molar-refractivity contribution >= 4 is 40.0 Å². The van der Waals surface area contributed by atoms with Crippen molar-refractivity contribution in [3.63, 3.8) is 0 Å². The van der Waals surface area contributed by atoms with Gasteiger partial charge in [0, 0.05) is 5.75 Å². The fourth-order valence-corrected chi connectivity index (χ4v) is 2.52. The van der Waals surface area contributed by atoms with Gasteiger partial charge in [0.2, 0.25) is 10.4 Å². The van der Waals surface area contributed by atoms with E-state index >= 15 is 0 Å². The Morgan fingerprint density at radius 2 is 2.42 bits per heavy atom. The number of rotatable bonds is 5. The second-order valence-corrected chi connectivity index (χ2v) is 6.05. The largest absolute Gasteiger partial charge is 0.861 e. The minimum Gasteiger partial charge on any atom is -0.861 e. The van der Waals surface area contributed by atoms with E-state index < -0.39 is 0 Å². The van der Waals surface area contributed by atoms with Crippen LogP contribution in [0.1, 0.15) is 19.9 Å². The van der Waals surface area contributed by atoms with Crippen LogP contribution in [0.4, 0.5) is 11.0 Å². The van der Waals surface area contributed by atoms with Crippen LogP contribution in [0.5, 0.6) is 0 Å². The summed E-state index contributed by atoms with van der Waals surface area (Å²) in [7, 11) is 0. The van der Waals surface area contributed by atoms with E-state index in [0.717, 1.165) is 0 Å². The van der Waals surface area contributed by atoms with Crippen LogP contribution in [-0.2, 0) is 0 Å². The highest BCUT2D eigenvalue weighted by atomic mass is 32.2. The molecule has 0 aliphatic rings. The Morgan fingerprint density at radius 1 is 1.63 bits per heavy atom. The molecule has 0 amide bonds. The number of aromatic nitrogens is 4. The Kier molecular flexibility index (Phi) is 4.32. The SMILES string of the molecule is CC(C)[n+]1cc(/N=C(\[O-])CSc2nnc(N)s2)on1. The molecule has 10 heteroatoms. The Bertz CT molecular complexity index is 579. The zero-order chi connectivity index (χ0) is 13.8. The molecule has 102 valence electrons. The van der Waals surface area contributed by atoms with Gasteiger partial charge in [0.15, 0.2) is 10.4 Å². The van der Waals surface area contributed by atoms with Crippen LogP contribution >= 0.6 is 23.1 Å². The quantitative estimate of drug-likeness (QED) is 0.361. The number of anilines is 1. The van der Waals surface area contributed by atoms with Crippen LogP contribution in [0.25, 0.3) is 0 Å². The summed E-state index contributed by atoms with van der Waals surface area (Å²) >= 11 is 2.46. The zero-order valence-electron chi connectivity index (χ0n) is 10.3. The molecule has 8 nitrogen and oxygen atoms in total. The highest BCUT2D eigenvalue weighted by Crippen LogP contribution is 2.23. The normalized spacial score (nSPS) is 12.3. The molecule has 0 aromatic carbocycles. The number of nitrogen functional groups attached to an aromatic ring is 1. The van der Waals surface area contributed by atoms with Crippen molar-refractivity contribution in [2.24, 2.45) is 4.99 Å². The molecule has 0 aliphatic carbocycles. The van der Waals surface area contributed by atoms with Crippen LogP contribution in [-0.4, -0.2) is 27.1 Å². The minimum atomic E-state index is -0.328. The molecule has 2 aromatic heterocycles. The summed E-state index contributed by atoms with van der Waals surface area (Å²) in [5.74, 6) is 0.0127. The molecule has 0 unspecified atom stereocenters. The number of hydrogen-bond acceptors (Lipinski definition) is 9. The number of nitrogens with zero attached hydrogens (tertiary/aromatic N) is 5. The Hall–Kier alpha value is -1.68. The fourth-order valence-electron chi connectivity index (χ4n) is 1.10. The molecule has 0 radical (unpaired) electrons.